The lowest BCUT2D eigenvalue weighted by Gasteiger charge is -2.36. The van der Waals surface area contributed by atoms with Gasteiger partial charge in [0, 0.05) is 51.0 Å². The molecule has 3 aromatic rings. The molecule has 5 rings (SSSR count). The van der Waals surface area contributed by atoms with Crippen molar-refractivity contribution in [3.63, 3.8) is 0 Å². The van der Waals surface area contributed by atoms with E-state index < -0.39 is 0 Å². The minimum absolute atomic E-state index is 0.750. The van der Waals surface area contributed by atoms with Gasteiger partial charge in [0.15, 0.2) is 11.5 Å². The zero-order chi connectivity index (χ0) is 19.8. The third-order valence-electron chi connectivity index (χ3n) is 5.46. The molecule has 0 radical (unpaired) electrons. The highest BCUT2D eigenvalue weighted by Crippen LogP contribution is 2.21. The number of piperazine rings is 1. The van der Waals surface area contributed by atoms with Crippen LogP contribution in [0.2, 0.25) is 0 Å². The minimum Gasteiger partial charge on any atom is -0.378 e. The molecule has 29 heavy (non-hydrogen) atoms. The minimum atomic E-state index is 0.750. The molecule has 2 aliphatic heterocycles. The van der Waals surface area contributed by atoms with E-state index >= 15 is 0 Å². The highest BCUT2D eigenvalue weighted by Gasteiger charge is 2.22. The monoisotopic (exact) mass is 395 g/mol. The number of fused-ring (bicyclic) bond motifs is 1. The predicted molar refractivity (Wildman–Crippen MR) is 110 cm³/mol. The van der Waals surface area contributed by atoms with Crippen LogP contribution >= 0.6 is 0 Å². The summed E-state index contributed by atoms with van der Waals surface area (Å²) >= 11 is 0. The summed E-state index contributed by atoms with van der Waals surface area (Å²) in [5.74, 6) is 3.54. The molecular formula is C19H25N9O. The van der Waals surface area contributed by atoms with Crippen LogP contribution in [0.4, 0.5) is 17.6 Å². The Morgan fingerprint density at radius 1 is 0.793 bits per heavy atom. The number of hydrogen-bond acceptors (Lipinski definition) is 9. The highest BCUT2D eigenvalue weighted by atomic mass is 16.5. The number of aryl methyl sites for hydroxylation is 2. The van der Waals surface area contributed by atoms with Crippen LogP contribution in [0.5, 0.6) is 0 Å². The summed E-state index contributed by atoms with van der Waals surface area (Å²) < 4.78 is 7.26. The molecule has 0 aromatic carbocycles. The smallest absolute Gasteiger partial charge is 0.227 e. The van der Waals surface area contributed by atoms with Crippen molar-refractivity contribution >= 4 is 23.2 Å². The van der Waals surface area contributed by atoms with E-state index in [1.807, 2.05) is 26.0 Å². The predicted octanol–water partition coefficient (Wildman–Crippen LogP) is 0.694. The molecule has 0 bridgehead atoms. The highest BCUT2D eigenvalue weighted by molar-refractivity contribution is 5.49. The fourth-order valence-electron chi connectivity index (χ4n) is 3.82. The molecule has 3 aromatic heterocycles. The Bertz CT molecular complexity index is 1010. The topological polar surface area (TPSA) is 87.8 Å². The van der Waals surface area contributed by atoms with Gasteiger partial charge in [-0.1, -0.05) is 0 Å². The second-order valence-corrected chi connectivity index (χ2v) is 7.45. The van der Waals surface area contributed by atoms with Gasteiger partial charge in [0.25, 0.3) is 0 Å². The fourth-order valence-corrected chi connectivity index (χ4v) is 3.82. The van der Waals surface area contributed by atoms with Gasteiger partial charge in [-0.2, -0.15) is 9.50 Å². The summed E-state index contributed by atoms with van der Waals surface area (Å²) in [6.45, 7) is 10.6. The first kappa shape index (κ1) is 18.0. The van der Waals surface area contributed by atoms with E-state index in [1.165, 1.54) is 0 Å². The van der Waals surface area contributed by atoms with E-state index in [4.69, 9.17) is 19.8 Å². The van der Waals surface area contributed by atoms with Gasteiger partial charge in [-0.3, -0.25) is 0 Å². The maximum atomic E-state index is 5.46. The molecule has 0 atom stereocenters. The lowest BCUT2D eigenvalue weighted by molar-refractivity contribution is 0.122. The summed E-state index contributed by atoms with van der Waals surface area (Å²) in [6, 6.07) is 6.04. The Hall–Kier alpha value is -3.01. The maximum Gasteiger partial charge on any atom is 0.227 e. The Morgan fingerprint density at radius 3 is 2.31 bits per heavy atom. The summed E-state index contributed by atoms with van der Waals surface area (Å²) in [5.41, 5.74) is 1.77. The number of hydrogen-bond donors (Lipinski definition) is 0. The molecule has 10 nitrogen and oxygen atoms in total. The summed E-state index contributed by atoms with van der Waals surface area (Å²) in [4.78, 5) is 16.4. The summed E-state index contributed by atoms with van der Waals surface area (Å²) in [5, 5.41) is 12.9. The van der Waals surface area contributed by atoms with Gasteiger partial charge < -0.3 is 19.4 Å². The van der Waals surface area contributed by atoms with E-state index in [-0.39, 0.29) is 0 Å². The number of ether oxygens (including phenoxy) is 1. The number of morpholine rings is 1. The molecule has 0 unspecified atom stereocenters. The molecule has 0 spiro atoms. The van der Waals surface area contributed by atoms with Gasteiger partial charge >= 0.3 is 0 Å². The first-order valence-electron chi connectivity index (χ1n) is 10.0. The SMILES string of the molecule is Cc1cc(N2CCOCC2)nc(N2CCN(c3ccc4nnc(C)n4n3)CC2)n1. The van der Waals surface area contributed by atoms with Crippen molar-refractivity contribution < 1.29 is 4.74 Å². The van der Waals surface area contributed by atoms with Crippen molar-refractivity contribution in [2.24, 2.45) is 0 Å². The second-order valence-electron chi connectivity index (χ2n) is 7.45. The molecule has 0 aliphatic carbocycles. The molecule has 5 heterocycles. The number of aromatic nitrogens is 6. The number of rotatable bonds is 3. The molecule has 2 aliphatic rings. The average Bonchev–Trinajstić information content (AvgIpc) is 3.14. The second kappa shape index (κ2) is 7.43. The van der Waals surface area contributed by atoms with Crippen LogP contribution in [-0.4, -0.2) is 82.3 Å². The Balaban J connectivity index is 1.31. The van der Waals surface area contributed by atoms with Crippen molar-refractivity contribution in [1.29, 1.82) is 0 Å². The maximum absolute atomic E-state index is 5.46. The van der Waals surface area contributed by atoms with Gasteiger partial charge in [0.05, 0.1) is 13.2 Å². The number of anilines is 3. The van der Waals surface area contributed by atoms with Crippen LogP contribution in [0.25, 0.3) is 5.65 Å². The quantitative estimate of drug-likeness (QED) is 0.636. The molecule has 0 amide bonds. The van der Waals surface area contributed by atoms with E-state index in [0.29, 0.717) is 0 Å². The Labute approximate surface area is 169 Å². The lowest BCUT2D eigenvalue weighted by Crippen LogP contribution is -2.47. The van der Waals surface area contributed by atoms with Gasteiger partial charge in [0.1, 0.15) is 11.6 Å². The Kier molecular flexibility index (Phi) is 4.62. The van der Waals surface area contributed by atoms with E-state index in [2.05, 4.69) is 31.0 Å². The Morgan fingerprint density at radius 2 is 1.52 bits per heavy atom. The molecule has 2 saturated heterocycles. The molecule has 0 saturated carbocycles. The van der Waals surface area contributed by atoms with Gasteiger partial charge in [0.2, 0.25) is 5.95 Å². The van der Waals surface area contributed by atoms with Crippen LogP contribution in [0.3, 0.4) is 0 Å². The zero-order valence-electron chi connectivity index (χ0n) is 16.8. The van der Waals surface area contributed by atoms with Crippen molar-refractivity contribution in [2.75, 3.05) is 67.2 Å². The first-order valence-corrected chi connectivity index (χ1v) is 10.0. The first-order chi connectivity index (χ1) is 14.2. The summed E-state index contributed by atoms with van der Waals surface area (Å²) in [7, 11) is 0. The van der Waals surface area contributed by atoms with Crippen molar-refractivity contribution in [1.82, 2.24) is 29.8 Å². The van der Waals surface area contributed by atoms with Gasteiger partial charge in [-0.05, 0) is 26.0 Å². The average molecular weight is 395 g/mol. The molecule has 2 fully saturated rings. The van der Waals surface area contributed by atoms with Gasteiger partial charge in [-0.15, -0.1) is 15.3 Å². The van der Waals surface area contributed by atoms with Crippen molar-refractivity contribution in [3.8, 4) is 0 Å². The standard InChI is InChI=1S/C19H25N9O/c1-14-13-18(26-9-11-29-12-10-26)21-19(20-14)27-7-5-25(6-8-27)17-4-3-16-23-22-15(2)28(16)24-17/h3-4,13H,5-12H2,1-2H3. The molecule has 0 N–H and O–H groups in total. The third-order valence-corrected chi connectivity index (χ3v) is 5.46. The molecule has 10 heteroatoms. The normalized spacial score (nSPS) is 17.9. The molecule has 152 valence electrons. The summed E-state index contributed by atoms with van der Waals surface area (Å²) in [6.07, 6.45) is 0. The van der Waals surface area contributed by atoms with Crippen molar-refractivity contribution in [2.45, 2.75) is 13.8 Å². The van der Waals surface area contributed by atoms with E-state index in [9.17, 15) is 0 Å². The molecular weight excluding hydrogens is 370 g/mol. The van der Waals surface area contributed by atoms with E-state index in [1.54, 1.807) is 4.52 Å². The van der Waals surface area contributed by atoms with E-state index in [0.717, 1.165) is 87.2 Å². The van der Waals surface area contributed by atoms with Gasteiger partial charge in [-0.25, -0.2) is 4.98 Å². The van der Waals surface area contributed by atoms with Crippen LogP contribution in [0, 0.1) is 13.8 Å². The third kappa shape index (κ3) is 3.55. The number of nitrogens with zero attached hydrogens (tertiary/aromatic N) is 9. The zero-order valence-corrected chi connectivity index (χ0v) is 16.8. The largest absolute Gasteiger partial charge is 0.378 e. The fraction of sp³-hybridized carbons (Fsp3) is 0.526. The lowest BCUT2D eigenvalue weighted by atomic mass is 10.3. The van der Waals surface area contributed by atoms with Crippen LogP contribution in [0.1, 0.15) is 11.5 Å². The van der Waals surface area contributed by atoms with Crippen LogP contribution in [0.15, 0.2) is 18.2 Å². The van der Waals surface area contributed by atoms with Crippen LogP contribution in [-0.2, 0) is 4.74 Å². The van der Waals surface area contributed by atoms with Crippen molar-refractivity contribution in [3.05, 3.63) is 29.7 Å². The van der Waals surface area contributed by atoms with Crippen LogP contribution < -0.4 is 14.7 Å².